The Kier molecular flexibility index (Phi) is 8.81. The van der Waals surface area contributed by atoms with Crippen LogP contribution < -0.4 is 15.4 Å². The SMILES string of the molecule is COCC(NC(=O)O)C(=O)NC(CCOc1ccc(Cl)cc1C)B1OC(C)(C)C(C)(C)O1. The zero-order chi connectivity index (χ0) is 24.1. The molecular formula is C21H32BClN2O7. The summed E-state index contributed by atoms with van der Waals surface area (Å²) >= 11 is 6.00. The molecule has 1 aromatic rings. The van der Waals surface area contributed by atoms with Gasteiger partial charge >= 0.3 is 13.2 Å². The molecule has 0 saturated carbocycles. The van der Waals surface area contributed by atoms with Crippen molar-refractivity contribution in [3.63, 3.8) is 0 Å². The maximum atomic E-state index is 12.8. The third-order valence-electron chi connectivity index (χ3n) is 5.70. The first-order valence-electron chi connectivity index (χ1n) is 10.4. The molecule has 2 rings (SSSR count). The largest absolute Gasteiger partial charge is 0.493 e. The zero-order valence-corrected chi connectivity index (χ0v) is 20.1. The Labute approximate surface area is 194 Å². The summed E-state index contributed by atoms with van der Waals surface area (Å²) in [6.45, 7) is 9.70. The van der Waals surface area contributed by atoms with Gasteiger partial charge in [0.2, 0.25) is 5.91 Å². The van der Waals surface area contributed by atoms with Crippen molar-refractivity contribution in [1.29, 1.82) is 0 Å². The molecule has 9 nitrogen and oxygen atoms in total. The van der Waals surface area contributed by atoms with Crippen LogP contribution in [0.4, 0.5) is 4.79 Å². The Bertz CT molecular complexity index is 805. The minimum atomic E-state index is -1.32. The van der Waals surface area contributed by atoms with E-state index in [4.69, 9.17) is 35.5 Å². The van der Waals surface area contributed by atoms with E-state index < -0.39 is 42.3 Å². The molecular weight excluding hydrogens is 439 g/mol. The standard InChI is InChI=1S/C21H32BClN2O7/c1-13-11-14(23)7-8-16(13)30-10-9-17(22-31-20(2,3)21(4,5)32-22)25-18(26)15(12-29-6)24-19(27)28/h7-8,11,15,17,24H,9-10,12H2,1-6H3,(H,25,26)(H,27,28). The van der Waals surface area contributed by atoms with E-state index >= 15 is 0 Å². The summed E-state index contributed by atoms with van der Waals surface area (Å²) in [5.41, 5.74) is -0.307. The molecule has 1 aromatic carbocycles. The minimum absolute atomic E-state index is 0.116. The second kappa shape index (κ2) is 10.7. The predicted octanol–water partition coefficient (Wildman–Crippen LogP) is 2.82. The van der Waals surface area contributed by atoms with Gasteiger partial charge in [-0.25, -0.2) is 4.79 Å². The third kappa shape index (κ3) is 6.75. The van der Waals surface area contributed by atoms with Crippen LogP contribution in [0.2, 0.25) is 5.02 Å². The number of hydrogen-bond donors (Lipinski definition) is 3. The van der Waals surface area contributed by atoms with E-state index in [1.165, 1.54) is 7.11 Å². The van der Waals surface area contributed by atoms with Crippen molar-refractivity contribution in [3.8, 4) is 5.75 Å². The van der Waals surface area contributed by atoms with Crippen molar-refractivity contribution in [2.75, 3.05) is 20.3 Å². The van der Waals surface area contributed by atoms with E-state index in [1.54, 1.807) is 18.2 Å². The Morgan fingerprint density at radius 3 is 2.34 bits per heavy atom. The summed E-state index contributed by atoms with van der Waals surface area (Å²) in [4.78, 5) is 23.9. The Hall–Kier alpha value is -2.01. The molecule has 0 radical (unpaired) electrons. The Morgan fingerprint density at radius 1 is 1.19 bits per heavy atom. The van der Waals surface area contributed by atoms with E-state index in [9.17, 15) is 9.59 Å². The number of halogens is 1. The summed E-state index contributed by atoms with van der Waals surface area (Å²) in [5, 5.41) is 14.6. The van der Waals surface area contributed by atoms with E-state index in [2.05, 4.69) is 10.6 Å². The molecule has 2 amide bonds. The van der Waals surface area contributed by atoms with E-state index in [0.717, 1.165) is 5.56 Å². The highest BCUT2D eigenvalue weighted by molar-refractivity contribution is 6.48. The normalized spacial score (nSPS) is 18.7. The summed E-state index contributed by atoms with van der Waals surface area (Å²) in [6.07, 6.45) is -0.965. The van der Waals surface area contributed by atoms with Gasteiger partial charge in [-0.05, 0) is 58.4 Å². The maximum Gasteiger partial charge on any atom is 0.481 e. The highest BCUT2D eigenvalue weighted by atomic mass is 35.5. The van der Waals surface area contributed by atoms with Crippen molar-refractivity contribution < 1.29 is 33.5 Å². The van der Waals surface area contributed by atoms with E-state index in [0.29, 0.717) is 17.2 Å². The highest BCUT2D eigenvalue weighted by Crippen LogP contribution is 2.38. The van der Waals surface area contributed by atoms with Gasteiger partial charge in [0.25, 0.3) is 0 Å². The molecule has 0 spiro atoms. The van der Waals surface area contributed by atoms with Crippen LogP contribution in [0.15, 0.2) is 18.2 Å². The van der Waals surface area contributed by atoms with Crippen LogP contribution in [0.5, 0.6) is 5.75 Å². The second-order valence-electron chi connectivity index (χ2n) is 8.74. The van der Waals surface area contributed by atoms with Crippen LogP contribution in [-0.4, -0.2) is 67.7 Å². The summed E-state index contributed by atoms with van der Waals surface area (Å²) < 4.78 is 23.1. The predicted molar refractivity (Wildman–Crippen MR) is 121 cm³/mol. The Morgan fingerprint density at radius 2 is 1.81 bits per heavy atom. The summed E-state index contributed by atoms with van der Waals surface area (Å²) in [5.74, 6) is -0.457. The van der Waals surface area contributed by atoms with Crippen LogP contribution >= 0.6 is 11.6 Å². The molecule has 1 fully saturated rings. The lowest BCUT2D eigenvalue weighted by Crippen LogP contribution is -2.56. The molecule has 2 unspecified atom stereocenters. The molecule has 1 heterocycles. The molecule has 0 aromatic heterocycles. The van der Waals surface area contributed by atoms with Gasteiger partial charge in [-0.15, -0.1) is 0 Å². The number of carboxylic acid groups (broad SMARTS) is 1. The molecule has 0 aliphatic carbocycles. The van der Waals surface area contributed by atoms with Crippen molar-refractivity contribution in [2.45, 2.75) is 64.2 Å². The molecule has 1 aliphatic rings. The zero-order valence-electron chi connectivity index (χ0n) is 19.4. The molecule has 11 heteroatoms. The van der Waals surface area contributed by atoms with Crippen LogP contribution in [0, 0.1) is 6.92 Å². The number of carbonyl (C=O) groups is 2. The van der Waals surface area contributed by atoms with Gasteiger partial charge in [0.1, 0.15) is 11.8 Å². The third-order valence-corrected chi connectivity index (χ3v) is 5.93. The number of carbonyl (C=O) groups excluding carboxylic acids is 1. The fourth-order valence-corrected chi connectivity index (χ4v) is 3.41. The molecule has 3 N–H and O–H groups in total. The van der Waals surface area contributed by atoms with Gasteiger partial charge in [-0.1, -0.05) is 11.6 Å². The van der Waals surface area contributed by atoms with Gasteiger partial charge in [0.05, 0.1) is 30.4 Å². The lowest BCUT2D eigenvalue weighted by Gasteiger charge is -2.32. The number of hydrogen-bond acceptors (Lipinski definition) is 6. The number of benzene rings is 1. The number of methoxy groups -OCH3 is 1. The summed E-state index contributed by atoms with van der Waals surface area (Å²) in [6, 6.07) is 4.24. The van der Waals surface area contributed by atoms with Gasteiger partial charge in [0, 0.05) is 18.6 Å². The minimum Gasteiger partial charge on any atom is -0.493 e. The molecule has 1 saturated heterocycles. The van der Waals surface area contributed by atoms with Crippen LogP contribution in [0.1, 0.15) is 39.7 Å². The first kappa shape index (κ1) is 26.2. The van der Waals surface area contributed by atoms with Gasteiger partial charge in [0.15, 0.2) is 0 Å². The average molecular weight is 471 g/mol. The van der Waals surface area contributed by atoms with Crippen molar-refractivity contribution >= 4 is 30.7 Å². The van der Waals surface area contributed by atoms with Crippen LogP contribution in [0.3, 0.4) is 0 Å². The van der Waals surface area contributed by atoms with Crippen molar-refractivity contribution in [3.05, 3.63) is 28.8 Å². The first-order chi connectivity index (χ1) is 14.9. The molecule has 1 aliphatic heterocycles. The van der Waals surface area contributed by atoms with Crippen molar-refractivity contribution in [2.24, 2.45) is 0 Å². The number of nitrogens with one attached hydrogen (secondary N) is 2. The molecule has 178 valence electrons. The second-order valence-corrected chi connectivity index (χ2v) is 9.18. The lowest BCUT2D eigenvalue weighted by atomic mass is 9.76. The first-order valence-corrected chi connectivity index (χ1v) is 10.8. The monoisotopic (exact) mass is 470 g/mol. The molecule has 0 bridgehead atoms. The van der Waals surface area contributed by atoms with E-state index in [1.807, 2.05) is 34.6 Å². The average Bonchev–Trinajstić information content (AvgIpc) is 2.89. The van der Waals surface area contributed by atoms with Gasteiger partial charge in [-0.2, -0.15) is 0 Å². The Balaban J connectivity index is 2.13. The van der Waals surface area contributed by atoms with Crippen molar-refractivity contribution in [1.82, 2.24) is 10.6 Å². The fraction of sp³-hybridized carbons (Fsp3) is 0.619. The maximum absolute atomic E-state index is 12.8. The summed E-state index contributed by atoms with van der Waals surface area (Å²) in [7, 11) is 0.643. The molecule has 32 heavy (non-hydrogen) atoms. The number of rotatable bonds is 10. The molecule has 2 atom stereocenters. The number of amides is 2. The topological polar surface area (TPSA) is 115 Å². The van der Waals surface area contributed by atoms with Gasteiger partial charge in [-0.3, -0.25) is 4.79 Å². The fourth-order valence-electron chi connectivity index (χ4n) is 3.18. The van der Waals surface area contributed by atoms with E-state index in [-0.39, 0.29) is 13.2 Å². The van der Waals surface area contributed by atoms with Gasteiger partial charge < -0.3 is 34.5 Å². The quantitative estimate of drug-likeness (QED) is 0.450. The van der Waals surface area contributed by atoms with Crippen LogP contribution in [0.25, 0.3) is 0 Å². The lowest BCUT2D eigenvalue weighted by molar-refractivity contribution is -0.124. The smallest absolute Gasteiger partial charge is 0.481 e. The van der Waals surface area contributed by atoms with Crippen LogP contribution in [-0.2, 0) is 18.8 Å². The number of aryl methyl sites for hydroxylation is 1. The highest BCUT2D eigenvalue weighted by Gasteiger charge is 2.54. The number of ether oxygens (including phenoxy) is 2.